The first-order valence-electron chi connectivity index (χ1n) is 7.90. The Kier molecular flexibility index (Phi) is 8.24. The lowest BCUT2D eigenvalue weighted by Gasteiger charge is -2.21. The van der Waals surface area contributed by atoms with Crippen molar-refractivity contribution in [3.8, 4) is 0 Å². The van der Waals surface area contributed by atoms with Crippen LogP contribution in [0.1, 0.15) is 33.3 Å². The zero-order valence-electron chi connectivity index (χ0n) is 14.0. The highest BCUT2D eigenvalue weighted by molar-refractivity contribution is 14.0. The molecule has 1 aromatic heterocycles. The van der Waals surface area contributed by atoms with Crippen LogP contribution in [-0.4, -0.2) is 42.6 Å². The molecule has 2 unspecified atom stereocenters. The van der Waals surface area contributed by atoms with Crippen LogP contribution in [-0.2, 0) is 6.54 Å². The van der Waals surface area contributed by atoms with Crippen molar-refractivity contribution in [2.75, 3.05) is 19.6 Å². The molecule has 1 aromatic rings. The summed E-state index contributed by atoms with van der Waals surface area (Å²) in [5.41, 5.74) is 1.09. The van der Waals surface area contributed by atoms with Gasteiger partial charge in [-0.3, -0.25) is 4.90 Å². The lowest BCUT2D eigenvalue weighted by Crippen LogP contribution is -2.46. The van der Waals surface area contributed by atoms with E-state index in [1.54, 1.807) is 12.5 Å². The Bertz CT molecular complexity index is 447. The molecule has 0 amide bonds. The summed E-state index contributed by atoms with van der Waals surface area (Å²) in [4.78, 5) is 7.16. The number of guanidine groups is 1. The van der Waals surface area contributed by atoms with Gasteiger partial charge in [0, 0.05) is 37.3 Å². The zero-order valence-corrected chi connectivity index (χ0v) is 16.3. The van der Waals surface area contributed by atoms with E-state index in [1.165, 1.54) is 0 Å². The van der Waals surface area contributed by atoms with Crippen LogP contribution >= 0.6 is 24.0 Å². The molecule has 2 N–H and O–H groups in total. The third kappa shape index (κ3) is 5.46. The van der Waals surface area contributed by atoms with Gasteiger partial charge in [0.25, 0.3) is 0 Å². The average Bonchev–Trinajstić information content (AvgIpc) is 3.07. The van der Waals surface area contributed by atoms with Crippen LogP contribution in [0.25, 0.3) is 0 Å². The van der Waals surface area contributed by atoms with Gasteiger partial charge in [-0.1, -0.05) is 6.92 Å². The van der Waals surface area contributed by atoms with Gasteiger partial charge in [-0.2, -0.15) is 0 Å². The van der Waals surface area contributed by atoms with Gasteiger partial charge in [-0.05, 0) is 32.8 Å². The van der Waals surface area contributed by atoms with E-state index in [-0.39, 0.29) is 24.0 Å². The van der Waals surface area contributed by atoms with E-state index >= 15 is 0 Å². The number of likely N-dealkylation sites (tertiary alicyclic amines) is 1. The summed E-state index contributed by atoms with van der Waals surface area (Å²) in [6.07, 6.45) is 3.43. The van der Waals surface area contributed by atoms with E-state index in [9.17, 15) is 0 Å². The Balaban J connectivity index is 0.00000242. The summed E-state index contributed by atoms with van der Waals surface area (Å²) in [5.74, 6) is 1.52. The van der Waals surface area contributed by atoms with Crippen molar-refractivity contribution in [1.29, 1.82) is 0 Å². The number of halogens is 1. The maximum atomic E-state index is 5.08. The summed E-state index contributed by atoms with van der Waals surface area (Å²) >= 11 is 0. The molecule has 0 saturated carbocycles. The Morgan fingerprint density at radius 2 is 2.23 bits per heavy atom. The minimum Gasteiger partial charge on any atom is -0.472 e. The average molecular weight is 420 g/mol. The van der Waals surface area contributed by atoms with E-state index in [4.69, 9.17) is 4.42 Å². The third-order valence-corrected chi connectivity index (χ3v) is 4.04. The van der Waals surface area contributed by atoms with Crippen LogP contribution in [0.5, 0.6) is 0 Å². The smallest absolute Gasteiger partial charge is 0.191 e. The summed E-state index contributed by atoms with van der Waals surface area (Å²) in [6, 6.07) is 3.01. The molecule has 0 bridgehead atoms. The van der Waals surface area contributed by atoms with Gasteiger partial charge in [-0.15, -0.1) is 24.0 Å². The van der Waals surface area contributed by atoms with E-state index in [1.807, 2.05) is 6.07 Å². The number of aliphatic imine (C=N–C) groups is 1. The van der Waals surface area contributed by atoms with Gasteiger partial charge in [-0.25, -0.2) is 4.99 Å². The minimum atomic E-state index is 0. The molecule has 2 rings (SSSR count). The Labute approximate surface area is 150 Å². The molecule has 0 radical (unpaired) electrons. The fourth-order valence-electron chi connectivity index (χ4n) is 2.66. The number of nitrogens with one attached hydrogen (secondary N) is 2. The predicted octanol–water partition coefficient (Wildman–Crippen LogP) is 2.68. The highest BCUT2D eigenvalue weighted by Gasteiger charge is 2.31. The molecular formula is C16H29IN4O. The molecule has 1 aliphatic heterocycles. The standard InChI is InChI=1S/C16H28N4O.HI/c1-5-17-16(18-8-14-6-7-21-11-14)19-15-10-20(12(2)3)9-13(15)4;/h6-7,11-13,15H,5,8-10H2,1-4H3,(H2,17,18,19);1H. The Morgan fingerprint density at radius 1 is 1.45 bits per heavy atom. The number of rotatable bonds is 5. The number of hydrogen-bond donors (Lipinski definition) is 2. The minimum absolute atomic E-state index is 0. The van der Waals surface area contributed by atoms with Gasteiger partial charge in [0.15, 0.2) is 5.96 Å². The molecule has 1 aliphatic rings. The first-order chi connectivity index (χ1) is 10.1. The number of furan rings is 1. The summed E-state index contributed by atoms with van der Waals surface area (Å²) in [7, 11) is 0. The van der Waals surface area contributed by atoms with Gasteiger partial charge in [0.1, 0.15) is 0 Å². The van der Waals surface area contributed by atoms with Crippen molar-refractivity contribution in [2.24, 2.45) is 10.9 Å². The van der Waals surface area contributed by atoms with E-state index in [2.05, 4.69) is 48.2 Å². The molecule has 126 valence electrons. The van der Waals surface area contributed by atoms with Crippen LogP contribution in [0.15, 0.2) is 28.0 Å². The highest BCUT2D eigenvalue weighted by Crippen LogP contribution is 2.18. The van der Waals surface area contributed by atoms with Crippen molar-refractivity contribution in [3.63, 3.8) is 0 Å². The van der Waals surface area contributed by atoms with Crippen molar-refractivity contribution in [1.82, 2.24) is 15.5 Å². The topological polar surface area (TPSA) is 52.8 Å². The quantitative estimate of drug-likeness (QED) is 0.437. The SMILES string of the molecule is CCNC(=NCc1ccoc1)NC1CN(C(C)C)CC1C.I. The van der Waals surface area contributed by atoms with Crippen molar-refractivity contribution >= 4 is 29.9 Å². The fourth-order valence-corrected chi connectivity index (χ4v) is 2.66. The number of hydrogen-bond acceptors (Lipinski definition) is 3. The second kappa shape index (κ2) is 9.39. The van der Waals surface area contributed by atoms with Crippen molar-refractivity contribution in [2.45, 2.75) is 46.3 Å². The van der Waals surface area contributed by atoms with Crippen LogP contribution < -0.4 is 10.6 Å². The normalized spacial score (nSPS) is 22.7. The molecule has 22 heavy (non-hydrogen) atoms. The molecule has 0 spiro atoms. The molecule has 0 aromatic carbocycles. The fraction of sp³-hybridized carbons (Fsp3) is 0.688. The van der Waals surface area contributed by atoms with Crippen LogP contribution in [0.3, 0.4) is 0 Å². The predicted molar refractivity (Wildman–Crippen MR) is 102 cm³/mol. The number of nitrogens with zero attached hydrogens (tertiary/aromatic N) is 2. The zero-order chi connectivity index (χ0) is 15.2. The van der Waals surface area contributed by atoms with E-state index in [0.29, 0.717) is 24.5 Å². The van der Waals surface area contributed by atoms with Crippen LogP contribution in [0, 0.1) is 5.92 Å². The maximum Gasteiger partial charge on any atom is 0.191 e. The molecule has 0 aliphatic carbocycles. The molecule has 1 fully saturated rings. The lowest BCUT2D eigenvalue weighted by atomic mass is 10.1. The van der Waals surface area contributed by atoms with Crippen molar-refractivity contribution < 1.29 is 4.42 Å². The van der Waals surface area contributed by atoms with E-state index in [0.717, 1.165) is 31.2 Å². The van der Waals surface area contributed by atoms with Gasteiger partial charge in [0.2, 0.25) is 0 Å². The first-order valence-corrected chi connectivity index (χ1v) is 7.90. The molecule has 6 heteroatoms. The lowest BCUT2D eigenvalue weighted by molar-refractivity contribution is 0.265. The largest absolute Gasteiger partial charge is 0.472 e. The van der Waals surface area contributed by atoms with E-state index < -0.39 is 0 Å². The monoisotopic (exact) mass is 420 g/mol. The summed E-state index contributed by atoms with van der Waals surface area (Å²) in [6.45, 7) is 12.6. The second-order valence-electron chi connectivity index (χ2n) is 6.10. The highest BCUT2D eigenvalue weighted by atomic mass is 127. The van der Waals surface area contributed by atoms with Gasteiger partial charge in [0.05, 0.1) is 19.1 Å². The van der Waals surface area contributed by atoms with Gasteiger partial charge < -0.3 is 15.1 Å². The maximum absolute atomic E-state index is 5.08. The molecule has 5 nitrogen and oxygen atoms in total. The summed E-state index contributed by atoms with van der Waals surface area (Å²) in [5, 5.41) is 6.91. The molecule has 2 heterocycles. The van der Waals surface area contributed by atoms with Gasteiger partial charge >= 0.3 is 0 Å². The van der Waals surface area contributed by atoms with Crippen LogP contribution in [0.2, 0.25) is 0 Å². The Hall–Kier alpha value is -0.760. The van der Waals surface area contributed by atoms with Crippen molar-refractivity contribution in [3.05, 3.63) is 24.2 Å². The van der Waals surface area contributed by atoms with Crippen LogP contribution in [0.4, 0.5) is 0 Å². The second-order valence-corrected chi connectivity index (χ2v) is 6.10. The molecule has 1 saturated heterocycles. The first kappa shape index (κ1) is 19.3. The summed E-state index contributed by atoms with van der Waals surface area (Å²) < 4.78 is 5.08. The third-order valence-electron chi connectivity index (χ3n) is 4.04. The molecular weight excluding hydrogens is 391 g/mol. The Morgan fingerprint density at radius 3 is 2.77 bits per heavy atom. The molecule has 2 atom stereocenters.